The SMILES string of the molecule is CCc1cccc(OCCSc2n[nH]c(-c3cc(Cl)ccc3OC)n2)c1. The Bertz CT molecular complexity index is 869. The van der Waals surface area contributed by atoms with E-state index in [1.165, 1.54) is 17.3 Å². The number of methoxy groups -OCH3 is 1. The van der Waals surface area contributed by atoms with E-state index in [2.05, 4.69) is 34.2 Å². The molecule has 0 aliphatic rings. The van der Waals surface area contributed by atoms with Crippen molar-refractivity contribution < 1.29 is 9.47 Å². The summed E-state index contributed by atoms with van der Waals surface area (Å²) in [6.07, 6.45) is 0.999. The number of hydrogen-bond donors (Lipinski definition) is 1. The predicted octanol–water partition coefficient (Wildman–Crippen LogP) is 4.87. The van der Waals surface area contributed by atoms with Crippen molar-refractivity contribution in [2.75, 3.05) is 19.5 Å². The fraction of sp³-hybridized carbons (Fsp3) is 0.263. The Morgan fingerprint density at radius 2 is 2.08 bits per heavy atom. The molecule has 7 heteroatoms. The van der Waals surface area contributed by atoms with Gasteiger partial charge in [-0.05, 0) is 42.3 Å². The topological polar surface area (TPSA) is 60.0 Å². The summed E-state index contributed by atoms with van der Waals surface area (Å²) < 4.78 is 11.1. The van der Waals surface area contributed by atoms with E-state index in [1.807, 2.05) is 18.2 Å². The first-order chi connectivity index (χ1) is 12.7. The molecule has 1 N–H and O–H groups in total. The van der Waals surface area contributed by atoms with Crippen molar-refractivity contribution in [1.82, 2.24) is 15.2 Å². The van der Waals surface area contributed by atoms with Crippen LogP contribution in [-0.4, -0.2) is 34.7 Å². The van der Waals surface area contributed by atoms with Crippen LogP contribution in [0.4, 0.5) is 0 Å². The average Bonchev–Trinajstić information content (AvgIpc) is 3.14. The molecule has 0 bridgehead atoms. The van der Waals surface area contributed by atoms with E-state index >= 15 is 0 Å². The third kappa shape index (κ3) is 4.71. The number of halogens is 1. The third-order valence-corrected chi connectivity index (χ3v) is 4.82. The molecule has 0 saturated heterocycles. The van der Waals surface area contributed by atoms with Crippen LogP contribution >= 0.6 is 23.4 Å². The minimum atomic E-state index is 0.586. The van der Waals surface area contributed by atoms with Gasteiger partial charge in [-0.3, -0.25) is 5.10 Å². The first-order valence-electron chi connectivity index (χ1n) is 8.30. The van der Waals surface area contributed by atoms with Gasteiger partial charge in [0.25, 0.3) is 0 Å². The number of aromatic nitrogens is 3. The second kappa shape index (κ2) is 8.96. The van der Waals surface area contributed by atoms with Crippen LogP contribution in [0.2, 0.25) is 5.02 Å². The van der Waals surface area contributed by atoms with Crippen molar-refractivity contribution in [1.29, 1.82) is 0 Å². The molecule has 26 heavy (non-hydrogen) atoms. The number of H-pyrrole nitrogens is 1. The van der Waals surface area contributed by atoms with Crippen LogP contribution in [0, 0.1) is 0 Å². The summed E-state index contributed by atoms with van der Waals surface area (Å²) in [5.41, 5.74) is 2.05. The van der Waals surface area contributed by atoms with E-state index in [-0.39, 0.29) is 0 Å². The molecule has 5 nitrogen and oxygen atoms in total. The monoisotopic (exact) mass is 389 g/mol. The Balaban J connectivity index is 1.56. The number of nitrogens with one attached hydrogen (secondary N) is 1. The van der Waals surface area contributed by atoms with Gasteiger partial charge in [0.1, 0.15) is 11.5 Å². The number of rotatable bonds is 8. The molecule has 0 amide bonds. The smallest absolute Gasteiger partial charge is 0.208 e. The zero-order valence-electron chi connectivity index (χ0n) is 14.7. The van der Waals surface area contributed by atoms with Crippen LogP contribution in [0.1, 0.15) is 12.5 Å². The van der Waals surface area contributed by atoms with Gasteiger partial charge in [0.15, 0.2) is 5.82 Å². The number of hydrogen-bond acceptors (Lipinski definition) is 5. The molecule has 0 aliphatic heterocycles. The molecule has 0 fully saturated rings. The summed E-state index contributed by atoms with van der Waals surface area (Å²) in [4.78, 5) is 4.50. The summed E-state index contributed by atoms with van der Waals surface area (Å²) in [6, 6.07) is 13.6. The molecule has 136 valence electrons. The van der Waals surface area contributed by atoms with Crippen molar-refractivity contribution in [2.45, 2.75) is 18.5 Å². The maximum absolute atomic E-state index is 6.07. The third-order valence-electron chi connectivity index (χ3n) is 3.77. The van der Waals surface area contributed by atoms with E-state index in [4.69, 9.17) is 21.1 Å². The molecular formula is C19H20ClN3O2S. The first-order valence-corrected chi connectivity index (χ1v) is 9.67. The molecule has 1 heterocycles. The van der Waals surface area contributed by atoms with Crippen molar-refractivity contribution >= 4 is 23.4 Å². The zero-order valence-corrected chi connectivity index (χ0v) is 16.2. The van der Waals surface area contributed by atoms with Gasteiger partial charge in [0, 0.05) is 10.8 Å². The Morgan fingerprint density at radius 3 is 2.88 bits per heavy atom. The fourth-order valence-corrected chi connectivity index (χ4v) is 3.23. The van der Waals surface area contributed by atoms with Gasteiger partial charge in [-0.1, -0.05) is 42.4 Å². The minimum Gasteiger partial charge on any atom is -0.496 e. The number of nitrogens with zero attached hydrogens (tertiary/aromatic N) is 2. The molecule has 3 rings (SSSR count). The summed E-state index contributed by atoms with van der Waals surface area (Å²) >= 11 is 7.60. The van der Waals surface area contributed by atoms with Crippen LogP contribution < -0.4 is 9.47 Å². The maximum Gasteiger partial charge on any atom is 0.208 e. The summed E-state index contributed by atoms with van der Waals surface area (Å²) in [7, 11) is 1.61. The average molecular weight is 390 g/mol. The highest BCUT2D eigenvalue weighted by atomic mass is 35.5. The number of ether oxygens (including phenoxy) is 2. The summed E-state index contributed by atoms with van der Waals surface area (Å²) in [6.45, 7) is 2.72. The van der Waals surface area contributed by atoms with Crippen LogP contribution in [0.15, 0.2) is 47.6 Å². The van der Waals surface area contributed by atoms with E-state index in [0.29, 0.717) is 28.4 Å². The lowest BCUT2D eigenvalue weighted by molar-refractivity contribution is 0.343. The number of thioether (sulfide) groups is 1. The quantitative estimate of drug-likeness (QED) is 0.440. The first kappa shape index (κ1) is 18.6. The summed E-state index contributed by atoms with van der Waals surface area (Å²) in [5.74, 6) is 2.97. The lowest BCUT2D eigenvalue weighted by Crippen LogP contribution is -2.00. The predicted molar refractivity (Wildman–Crippen MR) is 105 cm³/mol. The lowest BCUT2D eigenvalue weighted by Gasteiger charge is -2.06. The molecule has 2 aromatic carbocycles. The van der Waals surface area contributed by atoms with Crippen molar-refractivity contribution in [3.63, 3.8) is 0 Å². The molecule has 0 atom stereocenters. The van der Waals surface area contributed by atoms with Crippen molar-refractivity contribution in [2.24, 2.45) is 0 Å². The fourth-order valence-electron chi connectivity index (χ4n) is 2.44. The molecule has 0 radical (unpaired) electrons. The van der Waals surface area contributed by atoms with E-state index in [1.54, 1.807) is 19.2 Å². The largest absolute Gasteiger partial charge is 0.496 e. The molecule has 0 spiro atoms. The Kier molecular flexibility index (Phi) is 6.41. The maximum atomic E-state index is 6.07. The van der Waals surface area contributed by atoms with Gasteiger partial charge >= 0.3 is 0 Å². The van der Waals surface area contributed by atoms with Crippen molar-refractivity contribution in [3.8, 4) is 22.9 Å². The molecule has 0 aliphatic carbocycles. The van der Waals surface area contributed by atoms with Gasteiger partial charge in [-0.2, -0.15) is 0 Å². The van der Waals surface area contributed by atoms with Crippen molar-refractivity contribution in [3.05, 3.63) is 53.1 Å². The second-order valence-electron chi connectivity index (χ2n) is 5.51. The highest BCUT2D eigenvalue weighted by molar-refractivity contribution is 7.99. The van der Waals surface area contributed by atoms with Crippen LogP contribution in [-0.2, 0) is 6.42 Å². The number of benzene rings is 2. The zero-order chi connectivity index (χ0) is 18.4. The normalized spacial score (nSPS) is 10.7. The van der Waals surface area contributed by atoms with E-state index < -0.39 is 0 Å². The molecule has 0 unspecified atom stereocenters. The highest BCUT2D eigenvalue weighted by Crippen LogP contribution is 2.31. The van der Waals surface area contributed by atoms with Gasteiger partial charge in [-0.15, -0.1) is 5.10 Å². The Labute approximate surface area is 162 Å². The van der Waals surface area contributed by atoms with Crippen LogP contribution in [0.3, 0.4) is 0 Å². The van der Waals surface area contributed by atoms with Gasteiger partial charge in [-0.25, -0.2) is 4.98 Å². The summed E-state index contributed by atoms with van der Waals surface area (Å²) in [5, 5.41) is 8.46. The van der Waals surface area contributed by atoms with Crippen LogP contribution in [0.5, 0.6) is 11.5 Å². The molecule has 1 aromatic heterocycles. The minimum absolute atomic E-state index is 0.586. The molecular weight excluding hydrogens is 370 g/mol. The Morgan fingerprint density at radius 1 is 1.19 bits per heavy atom. The highest BCUT2D eigenvalue weighted by Gasteiger charge is 2.12. The van der Waals surface area contributed by atoms with Crippen LogP contribution in [0.25, 0.3) is 11.4 Å². The molecule has 3 aromatic rings. The Hall–Kier alpha value is -2.18. The standard InChI is InChI=1S/C19H20ClN3O2S/c1-3-13-5-4-6-15(11-13)25-9-10-26-19-21-18(22-23-19)16-12-14(20)7-8-17(16)24-2/h4-8,11-12H,3,9-10H2,1-2H3,(H,21,22,23). The van der Waals surface area contributed by atoms with E-state index in [9.17, 15) is 0 Å². The van der Waals surface area contributed by atoms with Gasteiger partial charge in [0.2, 0.25) is 5.16 Å². The van der Waals surface area contributed by atoms with Gasteiger partial charge in [0.05, 0.1) is 19.3 Å². The lowest BCUT2D eigenvalue weighted by atomic mass is 10.2. The molecule has 0 saturated carbocycles. The van der Waals surface area contributed by atoms with E-state index in [0.717, 1.165) is 23.5 Å². The number of aryl methyl sites for hydroxylation is 1. The number of aromatic amines is 1. The second-order valence-corrected chi connectivity index (χ2v) is 7.01. The van der Waals surface area contributed by atoms with Gasteiger partial charge < -0.3 is 9.47 Å².